The number of nitrogens with zero attached hydrogens (tertiary/aromatic N) is 1. The predicted octanol–water partition coefficient (Wildman–Crippen LogP) is 2.95. The molecule has 0 spiro atoms. The molecular weight excluding hydrogens is 425 g/mol. The summed E-state index contributed by atoms with van der Waals surface area (Å²) in [5.74, 6) is 0.756. The van der Waals surface area contributed by atoms with Crippen LogP contribution < -0.4 is 10.6 Å². The number of rotatable bonds is 10. The number of hydrogen-bond donors (Lipinski definition) is 3. The Morgan fingerprint density at radius 2 is 2.13 bits per heavy atom. The number of ether oxygens (including phenoxy) is 1. The normalized spacial score (nSPS) is 14.0. The second kappa shape index (κ2) is 13.0. The summed E-state index contributed by atoms with van der Waals surface area (Å²) in [6.07, 6.45) is 3.29. The number of halogens is 1. The van der Waals surface area contributed by atoms with Crippen LogP contribution >= 0.6 is 35.3 Å². The van der Waals surface area contributed by atoms with Crippen molar-refractivity contribution in [2.75, 3.05) is 33.4 Å². The van der Waals surface area contributed by atoms with Crippen LogP contribution in [-0.2, 0) is 10.3 Å². The Kier molecular flexibility index (Phi) is 12.8. The minimum Gasteiger partial charge on any atom is -0.385 e. The molecule has 1 rings (SSSR count). The highest BCUT2D eigenvalue weighted by Crippen LogP contribution is 2.25. The first-order valence-electron chi connectivity index (χ1n) is 7.87. The van der Waals surface area contributed by atoms with Gasteiger partial charge in [-0.2, -0.15) is 0 Å². The van der Waals surface area contributed by atoms with Crippen LogP contribution in [0.3, 0.4) is 0 Å². The lowest BCUT2D eigenvalue weighted by Crippen LogP contribution is -2.39. The quantitative estimate of drug-likeness (QED) is 0.220. The first-order valence-corrected chi connectivity index (χ1v) is 8.75. The lowest BCUT2D eigenvalue weighted by molar-refractivity contribution is 0.0711. The van der Waals surface area contributed by atoms with Crippen LogP contribution in [0.4, 0.5) is 0 Å². The van der Waals surface area contributed by atoms with Crippen LogP contribution in [0.5, 0.6) is 0 Å². The van der Waals surface area contributed by atoms with E-state index in [1.165, 1.54) is 0 Å². The van der Waals surface area contributed by atoms with Gasteiger partial charge in [0.15, 0.2) is 5.96 Å². The van der Waals surface area contributed by atoms with Crippen LogP contribution in [0.2, 0.25) is 0 Å². The molecule has 7 heteroatoms. The standard InChI is InChI=1S/C16H29N3O2S.HI/c1-4-17-15(18-10-6-5-7-11-21-3)19-13-16(2,20)14-9-8-12-22-14;/h8-9,12,20H,4-7,10-11,13H2,1-3H3,(H2,17,18,19);1H. The van der Waals surface area contributed by atoms with Crippen molar-refractivity contribution < 1.29 is 9.84 Å². The van der Waals surface area contributed by atoms with Crippen LogP contribution in [-0.4, -0.2) is 44.4 Å². The monoisotopic (exact) mass is 455 g/mol. The van der Waals surface area contributed by atoms with Gasteiger partial charge < -0.3 is 20.5 Å². The van der Waals surface area contributed by atoms with Crippen molar-refractivity contribution in [2.45, 2.75) is 38.7 Å². The first-order chi connectivity index (χ1) is 10.6. The average Bonchev–Trinajstić information content (AvgIpc) is 3.03. The van der Waals surface area contributed by atoms with Crippen molar-refractivity contribution in [3.63, 3.8) is 0 Å². The number of aliphatic imine (C=N–C) groups is 1. The smallest absolute Gasteiger partial charge is 0.191 e. The molecule has 23 heavy (non-hydrogen) atoms. The second-order valence-corrected chi connectivity index (χ2v) is 6.37. The van der Waals surface area contributed by atoms with E-state index in [9.17, 15) is 5.11 Å². The van der Waals surface area contributed by atoms with E-state index in [0.717, 1.165) is 49.8 Å². The van der Waals surface area contributed by atoms with Crippen molar-refractivity contribution in [3.05, 3.63) is 22.4 Å². The molecule has 0 fully saturated rings. The van der Waals surface area contributed by atoms with Gasteiger partial charge in [0, 0.05) is 31.7 Å². The largest absolute Gasteiger partial charge is 0.385 e. The van der Waals surface area contributed by atoms with Crippen molar-refractivity contribution in [2.24, 2.45) is 4.99 Å². The van der Waals surface area contributed by atoms with Gasteiger partial charge in [0.2, 0.25) is 0 Å². The van der Waals surface area contributed by atoms with Crippen molar-refractivity contribution in [1.82, 2.24) is 10.6 Å². The molecule has 134 valence electrons. The Hall–Kier alpha value is -0.380. The van der Waals surface area contributed by atoms with Crippen molar-refractivity contribution in [3.8, 4) is 0 Å². The third-order valence-corrected chi connectivity index (χ3v) is 4.38. The lowest BCUT2D eigenvalue weighted by Gasteiger charge is -2.20. The summed E-state index contributed by atoms with van der Waals surface area (Å²) in [7, 11) is 1.73. The molecule has 0 saturated heterocycles. The summed E-state index contributed by atoms with van der Waals surface area (Å²) < 4.78 is 5.04. The van der Waals surface area contributed by atoms with Crippen LogP contribution in [0.25, 0.3) is 0 Å². The molecule has 1 unspecified atom stereocenters. The predicted molar refractivity (Wildman–Crippen MR) is 109 cm³/mol. The van der Waals surface area contributed by atoms with Crippen molar-refractivity contribution in [1.29, 1.82) is 0 Å². The summed E-state index contributed by atoms with van der Waals surface area (Å²) in [6.45, 7) is 6.67. The maximum absolute atomic E-state index is 10.5. The Balaban J connectivity index is 0.00000484. The fourth-order valence-corrected chi connectivity index (χ4v) is 2.77. The molecule has 0 aliphatic heterocycles. The summed E-state index contributed by atoms with van der Waals surface area (Å²) >= 11 is 1.55. The highest BCUT2D eigenvalue weighted by atomic mass is 127. The van der Waals surface area contributed by atoms with E-state index in [4.69, 9.17) is 4.74 Å². The summed E-state index contributed by atoms with van der Waals surface area (Å²) in [4.78, 5) is 5.44. The number of unbranched alkanes of at least 4 members (excludes halogenated alkanes) is 2. The number of thiophene rings is 1. The minimum absolute atomic E-state index is 0. The summed E-state index contributed by atoms with van der Waals surface area (Å²) in [5.41, 5.74) is -0.922. The molecule has 0 saturated carbocycles. The molecule has 3 N–H and O–H groups in total. The number of nitrogens with one attached hydrogen (secondary N) is 2. The zero-order valence-corrected chi connectivity index (χ0v) is 17.4. The fourth-order valence-electron chi connectivity index (χ4n) is 1.99. The molecule has 1 aromatic heterocycles. The van der Waals surface area contributed by atoms with Crippen molar-refractivity contribution >= 4 is 41.3 Å². The molecule has 0 radical (unpaired) electrons. The van der Waals surface area contributed by atoms with Gasteiger partial charge in [0.05, 0.1) is 6.54 Å². The maximum atomic E-state index is 10.5. The zero-order valence-electron chi connectivity index (χ0n) is 14.3. The third kappa shape index (κ3) is 9.49. The molecule has 5 nitrogen and oxygen atoms in total. The number of hydrogen-bond acceptors (Lipinski definition) is 4. The molecular formula is C16H30IN3O2S. The zero-order chi connectivity index (χ0) is 16.3. The average molecular weight is 455 g/mol. The van der Waals surface area contributed by atoms with E-state index in [1.54, 1.807) is 25.4 Å². The molecule has 0 aliphatic carbocycles. The maximum Gasteiger partial charge on any atom is 0.191 e. The molecule has 1 atom stereocenters. The van der Waals surface area contributed by atoms with E-state index in [1.807, 2.05) is 24.4 Å². The number of methoxy groups -OCH3 is 1. The van der Waals surface area contributed by atoms with Crippen LogP contribution in [0.15, 0.2) is 22.5 Å². The molecule has 1 heterocycles. The Bertz CT molecular complexity index is 425. The van der Waals surface area contributed by atoms with Gasteiger partial charge in [-0.1, -0.05) is 6.07 Å². The number of guanidine groups is 1. The minimum atomic E-state index is -0.922. The Labute approximate surface area is 160 Å². The van der Waals surface area contributed by atoms with E-state index in [-0.39, 0.29) is 24.0 Å². The van der Waals surface area contributed by atoms with Crippen LogP contribution in [0, 0.1) is 0 Å². The Morgan fingerprint density at radius 3 is 2.74 bits per heavy atom. The van der Waals surface area contributed by atoms with Gasteiger partial charge in [-0.25, -0.2) is 4.99 Å². The third-order valence-electron chi connectivity index (χ3n) is 3.26. The first kappa shape index (κ1) is 22.6. The lowest BCUT2D eigenvalue weighted by atomic mass is 10.1. The highest BCUT2D eigenvalue weighted by Gasteiger charge is 2.23. The van der Waals surface area contributed by atoms with Gasteiger partial charge in [-0.3, -0.25) is 0 Å². The van der Waals surface area contributed by atoms with E-state index < -0.39 is 5.60 Å². The molecule has 0 amide bonds. The van der Waals surface area contributed by atoms with E-state index in [2.05, 4.69) is 15.6 Å². The SMILES string of the molecule is CCNC(=NCC(C)(O)c1cccs1)NCCCCCOC.I. The van der Waals surface area contributed by atoms with Gasteiger partial charge in [-0.15, -0.1) is 35.3 Å². The van der Waals surface area contributed by atoms with E-state index in [0.29, 0.717) is 6.54 Å². The highest BCUT2D eigenvalue weighted by molar-refractivity contribution is 14.0. The van der Waals surface area contributed by atoms with Gasteiger partial charge in [-0.05, 0) is 44.6 Å². The summed E-state index contributed by atoms with van der Waals surface area (Å²) in [6, 6.07) is 3.89. The number of aliphatic hydroxyl groups is 1. The topological polar surface area (TPSA) is 65.9 Å². The van der Waals surface area contributed by atoms with Gasteiger partial charge >= 0.3 is 0 Å². The fraction of sp³-hybridized carbons (Fsp3) is 0.688. The second-order valence-electron chi connectivity index (χ2n) is 5.43. The van der Waals surface area contributed by atoms with Gasteiger partial charge in [0.1, 0.15) is 5.60 Å². The van der Waals surface area contributed by atoms with Gasteiger partial charge in [0.25, 0.3) is 0 Å². The molecule has 0 aliphatic rings. The molecule has 0 aromatic carbocycles. The van der Waals surface area contributed by atoms with E-state index >= 15 is 0 Å². The summed E-state index contributed by atoms with van der Waals surface area (Å²) in [5, 5.41) is 19.0. The molecule has 0 bridgehead atoms. The molecule has 1 aromatic rings. The Morgan fingerprint density at radius 1 is 1.35 bits per heavy atom. The van der Waals surface area contributed by atoms with Crippen LogP contribution in [0.1, 0.15) is 38.0 Å².